The summed E-state index contributed by atoms with van der Waals surface area (Å²) >= 11 is 1.75. The van der Waals surface area contributed by atoms with Crippen LogP contribution in [0.3, 0.4) is 0 Å². The third kappa shape index (κ3) is 4.55. The number of thiophene rings is 1. The Morgan fingerprint density at radius 1 is 1.52 bits per heavy atom. The lowest BCUT2D eigenvalue weighted by Gasteiger charge is -2.43. The highest BCUT2D eigenvalue weighted by Crippen LogP contribution is 2.31. The fourth-order valence-corrected chi connectivity index (χ4v) is 4.52. The number of ether oxygens (including phenoxy) is 1. The molecule has 1 N–H and O–H groups in total. The molecule has 0 unspecified atom stereocenters. The van der Waals surface area contributed by atoms with E-state index in [0.29, 0.717) is 18.6 Å². The van der Waals surface area contributed by atoms with Gasteiger partial charge in [0.05, 0.1) is 18.6 Å². The number of piperidine rings is 1. The molecule has 23 heavy (non-hydrogen) atoms. The molecule has 1 amide bonds. The molecule has 0 aliphatic carbocycles. The van der Waals surface area contributed by atoms with Crippen molar-refractivity contribution in [3.63, 3.8) is 0 Å². The van der Waals surface area contributed by atoms with Crippen LogP contribution in [0.4, 0.5) is 0 Å². The smallest absolute Gasteiger partial charge is 0.225 e. The first-order valence-electron chi connectivity index (χ1n) is 8.90. The average molecular weight is 337 g/mol. The van der Waals surface area contributed by atoms with Crippen molar-refractivity contribution >= 4 is 17.2 Å². The summed E-state index contributed by atoms with van der Waals surface area (Å²) in [6, 6.07) is 4.18. The van der Waals surface area contributed by atoms with Crippen LogP contribution in [0.25, 0.3) is 0 Å². The molecule has 4 nitrogen and oxygen atoms in total. The number of hydrogen-bond acceptors (Lipinski definition) is 4. The summed E-state index contributed by atoms with van der Waals surface area (Å²) in [5.41, 5.74) is 0. The van der Waals surface area contributed by atoms with Gasteiger partial charge in [-0.3, -0.25) is 4.79 Å². The summed E-state index contributed by atoms with van der Waals surface area (Å²) in [5, 5.41) is 5.18. The van der Waals surface area contributed by atoms with Crippen LogP contribution >= 0.6 is 11.3 Å². The molecule has 0 spiro atoms. The molecule has 1 aromatic heterocycles. The van der Waals surface area contributed by atoms with Crippen molar-refractivity contribution in [3.05, 3.63) is 22.4 Å². The minimum absolute atomic E-state index is 0.0289. The maximum Gasteiger partial charge on any atom is 0.225 e. The second kappa shape index (κ2) is 8.27. The van der Waals surface area contributed by atoms with Crippen LogP contribution in [0.5, 0.6) is 0 Å². The van der Waals surface area contributed by atoms with Gasteiger partial charge in [0.2, 0.25) is 5.91 Å². The van der Waals surface area contributed by atoms with Gasteiger partial charge in [0, 0.05) is 24.5 Å². The van der Waals surface area contributed by atoms with E-state index in [0.717, 1.165) is 38.9 Å². The fourth-order valence-electron chi connectivity index (χ4n) is 3.82. The first kappa shape index (κ1) is 16.9. The van der Waals surface area contributed by atoms with Crippen LogP contribution in [-0.4, -0.2) is 49.7 Å². The molecular formula is C18H28N2O2S. The predicted molar refractivity (Wildman–Crippen MR) is 93.7 cm³/mol. The van der Waals surface area contributed by atoms with E-state index in [1.165, 1.54) is 17.8 Å². The first-order chi connectivity index (χ1) is 11.3. The van der Waals surface area contributed by atoms with Crippen molar-refractivity contribution in [2.75, 3.05) is 32.8 Å². The molecule has 5 heteroatoms. The largest absolute Gasteiger partial charge is 0.377 e. The van der Waals surface area contributed by atoms with Crippen LogP contribution in [-0.2, 0) is 16.0 Å². The summed E-state index contributed by atoms with van der Waals surface area (Å²) in [6.07, 6.45) is 4.60. The quantitative estimate of drug-likeness (QED) is 0.868. The predicted octanol–water partition coefficient (Wildman–Crippen LogP) is 2.54. The third-order valence-electron chi connectivity index (χ3n) is 5.01. The third-order valence-corrected chi connectivity index (χ3v) is 5.94. The van der Waals surface area contributed by atoms with Crippen LogP contribution in [0.1, 0.15) is 31.1 Å². The van der Waals surface area contributed by atoms with E-state index in [2.05, 4.69) is 34.7 Å². The summed E-state index contributed by atoms with van der Waals surface area (Å²) in [7, 11) is 0. The molecule has 2 aliphatic heterocycles. The molecule has 0 saturated carbocycles. The normalized spacial score (nSPS) is 28.3. The lowest BCUT2D eigenvalue weighted by atomic mass is 9.83. The summed E-state index contributed by atoms with van der Waals surface area (Å²) in [5.74, 6) is 0.728. The molecule has 3 atom stereocenters. The van der Waals surface area contributed by atoms with Gasteiger partial charge in [0.25, 0.3) is 0 Å². The van der Waals surface area contributed by atoms with Gasteiger partial charge in [0.15, 0.2) is 0 Å². The Kier molecular flexibility index (Phi) is 6.08. The van der Waals surface area contributed by atoms with E-state index in [-0.39, 0.29) is 11.8 Å². The minimum atomic E-state index is 0.0289. The van der Waals surface area contributed by atoms with E-state index in [9.17, 15) is 4.79 Å². The Bertz CT molecular complexity index is 491. The molecule has 0 aromatic carbocycles. The van der Waals surface area contributed by atoms with Crippen LogP contribution < -0.4 is 5.32 Å². The number of hydrogen-bond donors (Lipinski definition) is 1. The molecule has 3 rings (SSSR count). The molecular weight excluding hydrogens is 308 g/mol. The standard InChI is InChI=1S/C18H28N2O2S/c1-2-8-20-9-6-17-14(12-20)11-15(13-22-17)18(21)19-7-5-16-4-3-10-23-16/h3-4,10,14-15,17H,2,5-9,11-13H2,1H3,(H,19,21)/t14-,15+,17+/m0/s1. The van der Waals surface area contributed by atoms with Crippen LogP contribution in [0, 0.1) is 11.8 Å². The Morgan fingerprint density at radius 3 is 3.22 bits per heavy atom. The molecule has 3 heterocycles. The zero-order valence-corrected chi connectivity index (χ0v) is 14.8. The number of fused-ring (bicyclic) bond motifs is 1. The van der Waals surface area contributed by atoms with Crippen LogP contribution in [0.2, 0.25) is 0 Å². The first-order valence-corrected chi connectivity index (χ1v) is 9.78. The Labute approximate surface area is 143 Å². The highest BCUT2D eigenvalue weighted by atomic mass is 32.1. The summed E-state index contributed by atoms with van der Waals surface area (Å²) < 4.78 is 6.01. The van der Waals surface area contributed by atoms with Crippen molar-refractivity contribution in [1.29, 1.82) is 0 Å². The monoisotopic (exact) mass is 336 g/mol. The fraction of sp³-hybridized carbons (Fsp3) is 0.722. The van der Waals surface area contributed by atoms with Gasteiger partial charge < -0.3 is 15.0 Å². The zero-order valence-electron chi connectivity index (χ0n) is 14.0. The van der Waals surface area contributed by atoms with E-state index < -0.39 is 0 Å². The van der Waals surface area contributed by atoms with Crippen molar-refractivity contribution < 1.29 is 9.53 Å². The number of rotatable bonds is 6. The second-order valence-corrected chi connectivity index (χ2v) is 7.81. The summed E-state index contributed by atoms with van der Waals surface area (Å²) in [6.45, 7) is 6.96. The minimum Gasteiger partial charge on any atom is -0.377 e. The van der Waals surface area contributed by atoms with Crippen LogP contribution in [0.15, 0.2) is 17.5 Å². The van der Waals surface area contributed by atoms with Gasteiger partial charge in [-0.2, -0.15) is 0 Å². The van der Waals surface area contributed by atoms with Crippen molar-refractivity contribution in [3.8, 4) is 0 Å². The maximum absolute atomic E-state index is 12.4. The topological polar surface area (TPSA) is 41.6 Å². The highest BCUT2D eigenvalue weighted by molar-refractivity contribution is 7.09. The van der Waals surface area contributed by atoms with E-state index >= 15 is 0 Å². The molecule has 0 bridgehead atoms. The van der Waals surface area contributed by atoms with Gasteiger partial charge >= 0.3 is 0 Å². The molecule has 2 saturated heterocycles. The van der Waals surface area contributed by atoms with Gasteiger partial charge in [-0.05, 0) is 49.6 Å². The number of likely N-dealkylation sites (tertiary alicyclic amines) is 1. The van der Waals surface area contributed by atoms with Gasteiger partial charge in [0.1, 0.15) is 0 Å². The average Bonchev–Trinajstić information content (AvgIpc) is 3.08. The molecule has 1 aromatic rings. The molecule has 2 aliphatic rings. The van der Waals surface area contributed by atoms with Gasteiger partial charge in [-0.25, -0.2) is 0 Å². The number of carbonyl (C=O) groups is 1. The molecule has 2 fully saturated rings. The van der Waals surface area contributed by atoms with E-state index in [1.807, 2.05) is 0 Å². The van der Waals surface area contributed by atoms with Gasteiger partial charge in [-0.15, -0.1) is 11.3 Å². The molecule has 0 radical (unpaired) electrons. The van der Waals surface area contributed by atoms with E-state index in [1.54, 1.807) is 11.3 Å². The Hall–Kier alpha value is -0.910. The number of nitrogens with one attached hydrogen (secondary N) is 1. The van der Waals surface area contributed by atoms with E-state index in [4.69, 9.17) is 4.74 Å². The summed E-state index contributed by atoms with van der Waals surface area (Å²) in [4.78, 5) is 16.3. The highest BCUT2D eigenvalue weighted by Gasteiger charge is 2.37. The number of nitrogens with zero attached hydrogens (tertiary/aromatic N) is 1. The number of carbonyl (C=O) groups excluding carboxylic acids is 1. The lowest BCUT2D eigenvalue weighted by molar-refractivity contribution is -0.138. The molecule has 128 valence electrons. The van der Waals surface area contributed by atoms with Crippen molar-refractivity contribution in [2.45, 2.75) is 38.7 Å². The van der Waals surface area contributed by atoms with Crippen molar-refractivity contribution in [2.24, 2.45) is 11.8 Å². The number of amides is 1. The zero-order chi connectivity index (χ0) is 16.1. The maximum atomic E-state index is 12.4. The SMILES string of the molecule is CCCN1CC[C@H]2OC[C@H](C(=O)NCCc3cccs3)C[C@H]2C1. The Balaban J connectivity index is 1.44. The van der Waals surface area contributed by atoms with Crippen molar-refractivity contribution in [1.82, 2.24) is 10.2 Å². The Morgan fingerprint density at radius 2 is 2.43 bits per heavy atom. The second-order valence-electron chi connectivity index (χ2n) is 6.77. The van der Waals surface area contributed by atoms with Gasteiger partial charge in [-0.1, -0.05) is 13.0 Å². The lowest BCUT2D eigenvalue weighted by Crippen LogP contribution is -2.50.